The first-order valence-corrected chi connectivity index (χ1v) is 10.2. The van der Waals surface area contributed by atoms with E-state index >= 15 is 0 Å². The Morgan fingerprint density at radius 3 is 2.18 bits per heavy atom. The molecule has 0 radical (unpaired) electrons. The van der Waals surface area contributed by atoms with Gasteiger partial charge in [0.1, 0.15) is 17.3 Å². The summed E-state index contributed by atoms with van der Waals surface area (Å²) >= 11 is 0. The first kappa shape index (κ1) is 24.2. The van der Waals surface area contributed by atoms with E-state index in [0.29, 0.717) is 22.7 Å². The number of anilines is 2. The maximum absolute atomic E-state index is 13.5. The summed E-state index contributed by atoms with van der Waals surface area (Å²) in [6, 6.07) is 17.1. The van der Waals surface area contributed by atoms with Crippen molar-refractivity contribution in [1.29, 1.82) is 0 Å². The van der Waals surface area contributed by atoms with Crippen LogP contribution in [-0.4, -0.2) is 38.1 Å². The van der Waals surface area contributed by atoms with E-state index in [1.807, 2.05) is 0 Å². The van der Waals surface area contributed by atoms with Crippen LogP contribution < -0.4 is 20.1 Å². The molecule has 8 nitrogen and oxygen atoms in total. The molecular formula is C25H23FN2O6. The van der Waals surface area contributed by atoms with Crippen molar-refractivity contribution in [2.45, 2.75) is 6.92 Å². The molecule has 0 aliphatic heterocycles. The van der Waals surface area contributed by atoms with Crippen LogP contribution in [0.1, 0.15) is 15.9 Å². The molecular weight excluding hydrogens is 443 g/mol. The van der Waals surface area contributed by atoms with Gasteiger partial charge in [0.15, 0.2) is 13.2 Å². The van der Waals surface area contributed by atoms with Gasteiger partial charge >= 0.3 is 5.97 Å². The lowest BCUT2D eigenvalue weighted by Crippen LogP contribution is -2.21. The van der Waals surface area contributed by atoms with E-state index in [9.17, 15) is 18.8 Å². The SMILES string of the molecule is COc1cccc(NC(=O)COc2ccc(C(=O)OCC(=O)Nc3ccc(C)c(F)c3)cc2)c1. The van der Waals surface area contributed by atoms with E-state index in [0.717, 1.165) is 0 Å². The van der Waals surface area contributed by atoms with Crippen molar-refractivity contribution >= 4 is 29.2 Å². The number of nitrogens with one attached hydrogen (secondary N) is 2. The lowest BCUT2D eigenvalue weighted by Gasteiger charge is -2.09. The third-order valence-corrected chi connectivity index (χ3v) is 4.60. The standard InChI is InChI=1S/C25H23FN2O6/c1-16-6-9-19(13-22(16)26)28-24(30)15-34-25(31)17-7-10-20(11-8-17)33-14-23(29)27-18-4-3-5-21(12-18)32-2/h3-13H,14-15H2,1-2H3,(H,27,29)(H,28,30). The van der Waals surface area contributed by atoms with Crippen LogP contribution in [0.3, 0.4) is 0 Å². The van der Waals surface area contributed by atoms with Crippen molar-refractivity contribution in [3.8, 4) is 11.5 Å². The Labute approximate surface area is 195 Å². The zero-order valence-electron chi connectivity index (χ0n) is 18.6. The van der Waals surface area contributed by atoms with Crippen LogP contribution in [0.25, 0.3) is 0 Å². The summed E-state index contributed by atoms with van der Waals surface area (Å²) in [6.45, 7) is 0.841. The molecule has 2 N–H and O–H groups in total. The van der Waals surface area contributed by atoms with E-state index in [-0.39, 0.29) is 23.8 Å². The minimum atomic E-state index is -0.715. The molecule has 3 aromatic carbocycles. The zero-order chi connectivity index (χ0) is 24.5. The normalized spacial score (nSPS) is 10.2. The number of carbonyl (C=O) groups is 3. The Morgan fingerprint density at radius 2 is 1.50 bits per heavy atom. The Balaban J connectivity index is 1.43. The summed E-state index contributed by atoms with van der Waals surface area (Å²) in [5.74, 6) is -1.14. The van der Waals surface area contributed by atoms with Gasteiger partial charge in [-0.2, -0.15) is 0 Å². The van der Waals surface area contributed by atoms with Gasteiger partial charge in [0.2, 0.25) is 0 Å². The highest BCUT2D eigenvalue weighted by molar-refractivity contribution is 5.95. The molecule has 3 aromatic rings. The minimum absolute atomic E-state index is 0.197. The van der Waals surface area contributed by atoms with Crippen LogP contribution >= 0.6 is 0 Å². The molecule has 0 saturated carbocycles. The predicted octanol–water partition coefficient (Wildman–Crippen LogP) is 3.96. The van der Waals surface area contributed by atoms with Crippen LogP contribution in [0.2, 0.25) is 0 Å². The Hall–Kier alpha value is -4.40. The van der Waals surface area contributed by atoms with Gasteiger partial charge in [-0.15, -0.1) is 0 Å². The second-order valence-electron chi connectivity index (χ2n) is 7.18. The molecule has 0 aliphatic carbocycles. The molecule has 34 heavy (non-hydrogen) atoms. The lowest BCUT2D eigenvalue weighted by atomic mass is 10.2. The van der Waals surface area contributed by atoms with Crippen molar-refractivity contribution < 1.29 is 33.0 Å². The zero-order valence-corrected chi connectivity index (χ0v) is 18.6. The summed E-state index contributed by atoms with van der Waals surface area (Å²) < 4.78 is 29.1. The number of hydrogen-bond donors (Lipinski definition) is 2. The molecule has 176 valence electrons. The van der Waals surface area contributed by atoms with Gasteiger partial charge in [0, 0.05) is 17.4 Å². The van der Waals surface area contributed by atoms with Crippen molar-refractivity contribution in [3.63, 3.8) is 0 Å². The van der Waals surface area contributed by atoms with Crippen molar-refractivity contribution in [1.82, 2.24) is 0 Å². The van der Waals surface area contributed by atoms with Gasteiger partial charge < -0.3 is 24.8 Å². The van der Waals surface area contributed by atoms with Crippen LogP contribution in [0.5, 0.6) is 11.5 Å². The first-order valence-electron chi connectivity index (χ1n) is 10.2. The number of benzene rings is 3. The van der Waals surface area contributed by atoms with Crippen LogP contribution in [0.4, 0.5) is 15.8 Å². The number of ether oxygens (including phenoxy) is 3. The highest BCUT2D eigenvalue weighted by Crippen LogP contribution is 2.17. The number of rotatable bonds is 9. The number of hydrogen-bond acceptors (Lipinski definition) is 6. The maximum atomic E-state index is 13.5. The van der Waals surface area contributed by atoms with Crippen molar-refractivity contribution in [2.24, 2.45) is 0 Å². The fourth-order valence-electron chi connectivity index (χ4n) is 2.82. The molecule has 0 bridgehead atoms. The number of esters is 1. The highest BCUT2D eigenvalue weighted by Gasteiger charge is 2.12. The van der Waals surface area contributed by atoms with Crippen LogP contribution in [0.15, 0.2) is 66.7 Å². The number of aryl methyl sites for hydroxylation is 1. The van der Waals surface area contributed by atoms with Gasteiger partial charge in [-0.3, -0.25) is 9.59 Å². The van der Waals surface area contributed by atoms with Crippen LogP contribution in [0, 0.1) is 12.7 Å². The molecule has 0 fully saturated rings. The average Bonchev–Trinajstić information content (AvgIpc) is 2.84. The van der Waals surface area contributed by atoms with E-state index in [1.54, 1.807) is 37.3 Å². The summed E-state index contributed by atoms with van der Waals surface area (Å²) in [5.41, 5.74) is 1.49. The van der Waals surface area contributed by atoms with E-state index < -0.39 is 24.3 Å². The fraction of sp³-hybridized carbons (Fsp3) is 0.160. The average molecular weight is 466 g/mol. The molecule has 0 heterocycles. The number of methoxy groups -OCH3 is 1. The molecule has 0 spiro atoms. The third-order valence-electron chi connectivity index (χ3n) is 4.60. The van der Waals surface area contributed by atoms with E-state index in [1.165, 1.54) is 43.5 Å². The molecule has 9 heteroatoms. The largest absolute Gasteiger partial charge is 0.497 e. The smallest absolute Gasteiger partial charge is 0.338 e. The maximum Gasteiger partial charge on any atom is 0.338 e. The quantitative estimate of drug-likeness (QED) is 0.463. The Kier molecular flexibility index (Phi) is 8.17. The number of carbonyl (C=O) groups excluding carboxylic acids is 3. The third kappa shape index (κ3) is 7.06. The molecule has 0 atom stereocenters. The Bertz CT molecular complexity index is 1180. The van der Waals surface area contributed by atoms with Gasteiger partial charge in [0.05, 0.1) is 12.7 Å². The van der Waals surface area contributed by atoms with Crippen LogP contribution in [-0.2, 0) is 14.3 Å². The number of halogens is 1. The second-order valence-corrected chi connectivity index (χ2v) is 7.18. The van der Waals surface area contributed by atoms with Gasteiger partial charge in [-0.1, -0.05) is 12.1 Å². The molecule has 0 aliphatic rings. The first-order chi connectivity index (χ1) is 16.3. The van der Waals surface area contributed by atoms with E-state index in [2.05, 4.69) is 10.6 Å². The summed E-state index contributed by atoms with van der Waals surface area (Å²) in [5, 5.41) is 5.15. The second kappa shape index (κ2) is 11.5. The van der Waals surface area contributed by atoms with Crippen molar-refractivity contribution in [2.75, 3.05) is 31.0 Å². The monoisotopic (exact) mass is 466 g/mol. The number of amides is 2. The molecule has 0 saturated heterocycles. The predicted molar refractivity (Wildman–Crippen MR) is 124 cm³/mol. The Morgan fingerprint density at radius 1 is 0.824 bits per heavy atom. The lowest BCUT2D eigenvalue weighted by molar-refractivity contribution is -0.119. The van der Waals surface area contributed by atoms with Gasteiger partial charge in [0.25, 0.3) is 11.8 Å². The molecule has 3 rings (SSSR count). The van der Waals surface area contributed by atoms with Gasteiger partial charge in [-0.25, -0.2) is 9.18 Å². The molecule has 0 unspecified atom stereocenters. The molecule has 0 aromatic heterocycles. The van der Waals surface area contributed by atoms with Crippen molar-refractivity contribution in [3.05, 3.63) is 83.7 Å². The fourth-order valence-corrected chi connectivity index (χ4v) is 2.82. The summed E-state index contributed by atoms with van der Waals surface area (Å²) in [7, 11) is 1.53. The summed E-state index contributed by atoms with van der Waals surface area (Å²) in [4.78, 5) is 36.2. The van der Waals surface area contributed by atoms with Gasteiger partial charge in [-0.05, 0) is 61.0 Å². The topological polar surface area (TPSA) is 103 Å². The minimum Gasteiger partial charge on any atom is -0.497 e. The summed E-state index contributed by atoms with van der Waals surface area (Å²) in [6.07, 6.45) is 0. The van der Waals surface area contributed by atoms with E-state index in [4.69, 9.17) is 14.2 Å². The highest BCUT2D eigenvalue weighted by atomic mass is 19.1. The molecule has 2 amide bonds.